The smallest absolute Gasteiger partial charge is 0.338 e. The maximum Gasteiger partial charge on any atom is 0.338 e. The SMILES string of the molecule is CCc1cccnc1CNc1ccc(C(=O)O)c(F)c1. The third-order valence-electron chi connectivity index (χ3n) is 3.02. The lowest BCUT2D eigenvalue weighted by molar-refractivity contribution is 0.0692. The van der Waals surface area contributed by atoms with Gasteiger partial charge in [0, 0.05) is 11.9 Å². The monoisotopic (exact) mass is 274 g/mol. The molecule has 1 heterocycles. The normalized spacial score (nSPS) is 10.3. The fourth-order valence-corrected chi connectivity index (χ4v) is 1.94. The maximum absolute atomic E-state index is 13.5. The summed E-state index contributed by atoms with van der Waals surface area (Å²) in [6.07, 6.45) is 2.58. The van der Waals surface area contributed by atoms with Crippen LogP contribution in [-0.4, -0.2) is 16.1 Å². The zero-order valence-corrected chi connectivity index (χ0v) is 11.1. The van der Waals surface area contributed by atoms with Crippen molar-refractivity contribution in [3.8, 4) is 0 Å². The molecule has 0 spiro atoms. The van der Waals surface area contributed by atoms with E-state index in [4.69, 9.17) is 5.11 Å². The summed E-state index contributed by atoms with van der Waals surface area (Å²) in [6, 6.07) is 7.85. The number of carboxylic acid groups (broad SMARTS) is 1. The van der Waals surface area contributed by atoms with E-state index in [2.05, 4.69) is 10.3 Å². The van der Waals surface area contributed by atoms with Gasteiger partial charge in [-0.1, -0.05) is 13.0 Å². The summed E-state index contributed by atoms with van der Waals surface area (Å²) in [7, 11) is 0. The van der Waals surface area contributed by atoms with Crippen LogP contribution in [0.5, 0.6) is 0 Å². The fraction of sp³-hybridized carbons (Fsp3) is 0.200. The highest BCUT2D eigenvalue weighted by Gasteiger charge is 2.10. The third kappa shape index (κ3) is 3.12. The third-order valence-corrected chi connectivity index (χ3v) is 3.02. The molecule has 0 fully saturated rings. The fourth-order valence-electron chi connectivity index (χ4n) is 1.94. The minimum atomic E-state index is -1.27. The van der Waals surface area contributed by atoms with Crippen LogP contribution in [0.15, 0.2) is 36.5 Å². The van der Waals surface area contributed by atoms with E-state index in [1.165, 1.54) is 12.1 Å². The number of aromatic nitrogens is 1. The highest BCUT2D eigenvalue weighted by molar-refractivity contribution is 5.88. The van der Waals surface area contributed by atoms with Crippen molar-refractivity contribution in [2.45, 2.75) is 19.9 Å². The molecule has 4 nitrogen and oxygen atoms in total. The molecule has 0 unspecified atom stereocenters. The van der Waals surface area contributed by atoms with Crippen molar-refractivity contribution in [1.82, 2.24) is 4.98 Å². The first-order valence-corrected chi connectivity index (χ1v) is 6.31. The summed E-state index contributed by atoms with van der Waals surface area (Å²) in [6.45, 7) is 2.51. The van der Waals surface area contributed by atoms with Crippen LogP contribution in [-0.2, 0) is 13.0 Å². The van der Waals surface area contributed by atoms with Gasteiger partial charge in [-0.15, -0.1) is 0 Å². The van der Waals surface area contributed by atoms with Gasteiger partial charge in [-0.3, -0.25) is 4.98 Å². The molecule has 0 bridgehead atoms. The molecular formula is C15H15FN2O2. The molecule has 0 aliphatic heterocycles. The van der Waals surface area contributed by atoms with Crippen LogP contribution in [0.4, 0.5) is 10.1 Å². The number of hydrogen-bond acceptors (Lipinski definition) is 3. The molecule has 0 radical (unpaired) electrons. The van der Waals surface area contributed by atoms with Gasteiger partial charge in [-0.25, -0.2) is 9.18 Å². The largest absolute Gasteiger partial charge is 0.478 e. The molecular weight excluding hydrogens is 259 g/mol. The van der Waals surface area contributed by atoms with Crippen molar-refractivity contribution in [1.29, 1.82) is 0 Å². The van der Waals surface area contributed by atoms with Gasteiger partial charge in [-0.05, 0) is 36.2 Å². The van der Waals surface area contributed by atoms with Crippen molar-refractivity contribution in [3.63, 3.8) is 0 Å². The highest BCUT2D eigenvalue weighted by Crippen LogP contribution is 2.16. The highest BCUT2D eigenvalue weighted by atomic mass is 19.1. The van der Waals surface area contributed by atoms with Gasteiger partial charge in [-0.2, -0.15) is 0 Å². The van der Waals surface area contributed by atoms with Crippen molar-refractivity contribution in [3.05, 3.63) is 59.2 Å². The van der Waals surface area contributed by atoms with E-state index in [1.54, 1.807) is 12.3 Å². The molecule has 20 heavy (non-hydrogen) atoms. The summed E-state index contributed by atoms with van der Waals surface area (Å²) in [5, 5.41) is 11.8. The molecule has 2 N–H and O–H groups in total. The van der Waals surface area contributed by atoms with E-state index < -0.39 is 11.8 Å². The zero-order valence-electron chi connectivity index (χ0n) is 11.1. The van der Waals surface area contributed by atoms with Crippen molar-refractivity contribution >= 4 is 11.7 Å². The Bertz CT molecular complexity index is 629. The van der Waals surface area contributed by atoms with Gasteiger partial charge in [0.2, 0.25) is 0 Å². The number of carboxylic acids is 1. The van der Waals surface area contributed by atoms with E-state index in [0.717, 1.165) is 17.7 Å². The van der Waals surface area contributed by atoms with E-state index in [9.17, 15) is 9.18 Å². The van der Waals surface area contributed by atoms with E-state index in [-0.39, 0.29) is 5.56 Å². The number of nitrogens with zero attached hydrogens (tertiary/aromatic N) is 1. The van der Waals surface area contributed by atoms with Gasteiger partial charge >= 0.3 is 5.97 Å². The van der Waals surface area contributed by atoms with Crippen LogP contribution in [0, 0.1) is 5.82 Å². The summed E-state index contributed by atoms with van der Waals surface area (Å²) in [4.78, 5) is 15.0. The Kier molecular flexibility index (Phi) is 4.30. The molecule has 0 atom stereocenters. The second-order valence-corrected chi connectivity index (χ2v) is 4.32. The topological polar surface area (TPSA) is 62.2 Å². The van der Waals surface area contributed by atoms with Crippen molar-refractivity contribution in [2.75, 3.05) is 5.32 Å². The molecule has 0 amide bonds. The molecule has 0 aliphatic rings. The number of hydrogen-bond donors (Lipinski definition) is 2. The predicted octanol–water partition coefficient (Wildman–Crippen LogP) is 3.09. The number of carbonyl (C=O) groups is 1. The number of aromatic carboxylic acids is 1. The first-order valence-electron chi connectivity index (χ1n) is 6.31. The zero-order chi connectivity index (χ0) is 14.5. The van der Waals surface area contributed by atoms with Gasteiger partial charge < -0.3 is 10.4 Å². The Balaban J connectivity index is 2.11. The number of anilines is 1. The molecule has 1 aromatic carbocycles. The van der Waals surface area contributed by atoms with Crippen LogP contribution in [0.25, 0.3) is 0 Å². The Morgan fingerprint density at radius 2 is 2.20 bits per heavy atom. The lowest BCUT2D eigenvalue weighted by atomic mass is 10.1. The Morgan fingerprint density at radius 1 is 1.40 bits per heavy atom. The minimum absolute atomic E-state index is 0.331. The van der Waals surface area contributed by atoms with Crippen LogP contribution < -0.4 is 5.32 Å². The molecule has 1 aromatic heterocycles. The second-order valence-electron chi connectivity index (χ2n) is 4.32. The molecule has 104 valence electrons. The van der Waals surface area contributed by atoms with Crippen molar-refractivity contribution in [2.24, 2.45) is 0 Å². The standard InChI is InChI=1S/C15H15FN2O2/c1-2-10-4-3-7-17-14(10)9-18-11-5-6-12(15(19)20)13(16)8-11/h3-8,18H,2,9H2,1H3,(H,19,20). The molecule has 2 aromatic rings. The quantitative estimate of drug-likeness (QED) is 0.879. The van der Waals surface area contributed by atoms with Crippen LogP contribution in [0.3, 0.4) is 0 Å². The molecule has 5 heteroatoms. The number of aryl methyl sites for hydroxylation is 1. The Morgan fingerprint density at radius 3 is 2.85 bits per heavy atom. The van der Waals surface area contributed by atoms with Crippen LogP contribution >= 0.6 is 0 Å². The van der Waals surface area contributed by atoms with E-state index >= 15 is 0 Å². The Labute approximate surface area is 116 Å². The number of rotatable bonds is 5. The summed E-state index contributed by atoms with van der Waals surface area (Å²) in [5.74, 6) is -2.02. The molecule has 2 rings (SSSR count). The number of benzene rings is 1. The second kappa shape index (κ2) is 6.14. The molecule has 0 aliphatic carbocycles. The van der Waals surface area contributed by atoms with Gasteiger partial charge in [0.05, 0.1) is 17.8 Å². The summed E-state index contributed by atoms with van der Waals surface area (Å²) >= 11 is 0. The van der Waals surface area contributed by atoms with Crippen molar-refractivity contribution < 1.29 is 14.3 Å². The number of halogens is 1. The number of pyridine rings is 1. The number of nitrogens with one attached hydrogen (secondary N) is 1. The van der Waals surface area contributed by atoms with Gasteiger partial charge in [0.25, 0.3) is 0 Å². The lowest BCUT2D eigenvalue weighted by Gasteiger charge is -2.10. The average Bonchev–Trinajstić information content (AvgIpc) is 2.45. The van der Waals surface area contributed by atoms with Gasteiger partial charge in [0.15, 0.2) is 0 Å². The summed E-state index contributed by atoms with van der Waals surface area (Å²) < 4.78 is 13.5. The van der Waals surface area contributed by atoms with Crippen LogP contribution in [0.1, 0.15) is 28.5 Å². The lowest BCUT2D eigenvalue weighted by Crippen LogP contribution is -2.06. The van der Waals surface area contributed by atoms with E-state index in [1.807, 2.05) is 19.1 Å². The average molecular weight is 274 g/mol. The Hall–Kier alpha value is -2.43. The first kappa shape index (κ1) is 14.0. The minimum Gasteiger partial charge on any atom is -0.478 e. The van der Waals surface area contributed by atoms with E-state index in [0.29, 0.717) is 12.2 Å². The molecule has 0 saturated heterocycles. The maximum atomic E-state index is 13.5. The summed E-state index contributed by atoms with van der Waals surface area (Å²) in [5.41, 5.74) is 2.23. The predicted molar refractivity (Wildman–Crippen MR) is 74.3 cm³/mol. The first-order chi connectivity index (χ1) is 9.61. The van der Waals surface area contributed by atoms with Crippen LogP contribution in [0.2, 0.25) is 0 Å². The molecule has 0 saturated carbocycles. The van der Waals surface area contributed by atoms with Gasteiger partial charge in [0.1, 0.15) is 5.82 Å².